The minimum absolute atomic E-state index is 0.0339. The van der Waals surface area contributed by atoms with Gasteiger partial charge in [0.2, 0.25) is 5.76 Å². The number of ether oxygens (including phenoxy) is 1. The van der Waals surface area contributed by atoms with Crippen LogP contribution in [-0.2, 0) is 9.53 Å². The van der Waals surface area contributed by atoms with Crippen LogP contribution in [0.3, 0.4) is 0 Å². The highest BCUT2D eigenvalue weighted by molar-refractivity contribution is 5.89. The van der Waals surface area contributed by atoms with Gasteiger partial charge < -0.3 is 14.5 Å². The Morgan fingerprint density at radius 1 is 1.14 bits per heavy atom. The zero-order valence-electron chi connectivity index (χ0n) is 15.6. The molecule has 0 radical (unpaired) electrons. The van der Waals surface area contributed by atoms with Gasteiger partial charge in [0, 0.05) is 23.7 Å². The summed E-state index contributed by atoms with van der Waals surface area (Å²) in [5.74, 6) is -0.0271. The molecule has 0 atom stereocenters. The van der Waals surface area contributed by atoms with E-state index >= 15 is 0 Å². The number of non-ortho nitro benzene ring substituents is 1. The number of hydrogen-bond acceptors (Lipinski definition) is 6. The zero-order valence-corrected chi connectivity index (χ0v) is 15.6. The molecule has 8 nitrogen and oxygen atoms in total. The Hall–Kier alpha value is -3.16. The summed E-state index contributed by atoms with van der Waals surface area (Å²) in [6.07, 6.45) is 4.06. The van der Waals surface area contributed by atoms with Crippen molar-refractivity contribution in [3.63, 3.8) is 0 Å². The lowest BCUT2D eigenvalue weighted by atomic mass is 9.87. The molecule has 1 N–H and O–H groups in total. The lowest BCUT2D eigenvalue weighted by molar-refractivity contribution is -0.384. The van der Waals surface area contributed by atoms with Gasteiger partial charge in [0.1, 0.15) is 5.76 Å². The number of esters is 1. The average Bonchev–Trinajstić information content (AvgIpc) is 3.18. The van der Waals surface area contributed by atoms with Crippen molar-refractivity contribution >= 4 is 17.6 Å². The van der Waals surface area contributed by atoms with Gasteiger partial charge in [0.05, 0.1) is 4.92 Å². The van der Waals surface area contributed by atoms with Crippen LogP contribution in [0.1, 0.15) is 43.2 Å². The first-order chi connectivity index (χ1) is 13.4. The van der Waals surface area contributed by atoms with Crippen molar-refractivity contribution in [3.05, 3.63) is 52.3 Å². The number of nitrogens with one attached hydrogen (secondary N) is 1. The maximum Gasteiger partial charge on any atom is 0.374 e. The second-order valence-corrected chi connectivity index (χ2v) is 7.07. The van der Waals surface area contributed by atoms with E-state index in [1.807, 2.05) is 0 Å². The van der Waals surface area contributed by atoms with Crippen molar-refractivity contribution in [2.24, 2.45) is 5.92 Å². The molecule has 0 spiro atoms. The van der Waals surface area contributed by atoms with E-state index in [9.17, 15) is 19.7 Å². The van der Waals surface area contributed by atoms with Gasteiger partial charge in [-0.3, -0.25) is 14.9 Å². The third kappa shape index (κ3) is 4.97. The predicted molar refractivity (Wildman–Crippen MR) is 101 cm³/mol. The van der Waals surface area contributed by atoms with Gasteiger partial charge >= 0.3 is 5.97 Å². The normalized spacial score (nSPS) is 19.0. The SMILES string of the molecule is CC1CCC(NC(=O)COC(=O)c2ccc(-c3ccc([N+](=O)[O-])cc3)o2)CC1. The highest BCUT2D eigenvalue weighted by Gasteiger charge is 2.21. The predicted octanol–water partition coefficient (Wildman–Crippen LogP) is 3.71. The Balaban J connectivity index is 1.51. The molecular weight excluding hydrogens is 364 g/mol. The quantitative estimate of drug-likeness (QED) is 0.460. The summed E-state index contributed by atoms with van der Waals surface area (Å²) in [4.78, 5) is 34.3. The molecular formula is C20H22N2O6. The number of carbonyl (C=O) groups excluding carboxylic acids is 2. The summed E-state index contributed by atoms with van der Waals surface area (Å²) in [6.45, 7) is 1.84. The number of amides is 1. The first-order valence-electron chi connectivity index (χ1n) is 9.23. The molecule has 1 aromatic carbocycles. The fraction of sp³-hybridized carbons (Fsp3) is 0.400. The lowest BCUT2D eigenvalue weighted by Gasteiger charge is -2.26. The first kappa shape index (κ1) is 19.6. The smallest absolute Gasteiger partial charge is 0.374 e. The fourth-order valence-electron chi connectivity index (χ4n) is 3.23. The maximum atomic E-state index is 12.1. The minimum atomic E-state index is -0.736. The highest BCUT2D eigenvalue weighted by Crippen LogP contribution is 2.25. The number of nitrogens with zero attached hydrogens (tertiary/aromatic N) is 1. The molecule has 0 unspecified atom stereocenters. The van der Waals surface area contributed by atoms with Crippen molar-refractivity contribution in [1.82, 2.24) is 5.32 Å². The summed E-state index contributed by atoms with van der Waals surface area (Å²) in [7, 11) is 0. The molecule has 2 aromatic rings. The van der Waals surface area contributed by atoms with E-state index in [2.05, 4.69) is 12.2 Å². The number of rotatable bonds is 6. The summed E-state index contributed by atoms with van der Waals surface area (Å²) >= 11 is 0. The van der Waals surface area contributed by atoms with Crippen LogP contribution in [0.25, 0.3) is 11.3 Å². The summed E-state index contributed by atoms with van der Waals surface area (Å²) in [5, 5.41) is 13.6. The second kappa shape index (κ2) is 8.69. The van der Waals surface area contributed by atoms with Crippen molar-refractivity contribution < 1.29 is 23.7 Å². The van der Waals surface area contributed by atoms with Crippen molar-refractivity contribution in [2.75, 3.05) is 6.61 Å². The number of nitro benzene ring substituents is 1. The summed E-state index contributed by atoms with van der Waals surface area (Å²) < 4.78 is 10.5. The zero-order chi connectivity index (χ0) is 20.1. The Kier molecular flexibility index (Phi) is 6.08. The second-order valence-electron chi connectivity index (χ2n) is 7.07. The van der Waals surface area contributed by atoms with Crippen LogP contribution in [-0.4, -0.2) is 29.4 Å². The van der Waals surface area contributed by atoms with Gasteiger partial charge in [-0.25, -0.2) is 4.79 Å². The molecule has 1 aliphatic carbocycles. The molecule has 1 aliphatic rings. The molecule has 148 valence electrons. The largest absolute Gasteiger partial charge is 0.450 e. The Morgan fingerprint density at radius 2 is 1.82 bits per heavy atom. The molecule has 1 saturated carbocycles. The molecule has 1 fully saturated rings. The Bertz CT molecular complexity index is 850. The summed E-state index contributed by atoms with van der Waals surface area (Å²) in [6, 6.07) is 8.92. The average molecular weight is 386 g/mol. The van der Waals surface area contributed by atoms with Crippen LogP contribution in [0.2, 0.25) is 0 Å². The van der Waals surface area contributed by atoms with E-state index < -0.39 is 10.9 Å². The van der Waals surface area contributed by atoms with Crippen LogP contribution in [0, 0.1) is 16.0 Å². The van der Waals surface area contributed by atoms with Gasteiger partial charge in [0.25, 0.3) is 11.6 Å². The number of carbonyl (C=O) groups is 2. The first-order valence-corrected chi connectivity index (χ1v) is 9.23. The standard InChI is InChI=1S/C20H22N2O6/c1-13-2-6-15(7-3-13)21-19(23)12-27-20(24)18-11-10-17(28-18)14-4-8-16(9-5-14)22(25)26/h4-5,8-11,13,15H,2-3,6-7,12H2,1H3,(H,21,23). The van der Waals surface area contributed by atoms with E-state index in [0.717, 1.165) is 25.7 Å². The van der Waals surface area contributed by atoms with Crippen LogP contribution in [0.5, 0.6) is 0 Å². The number of nitro groups is 1. The van der Waals surface area contributed by atoms with E-state index in [-0.39, 0.29) is 30.0 Å². The molecule has 0 saturated heterocycles. The van der Waals surface area contributed by atoms with Crippen molar-refractivity contribution in [1.29, 1.82) is 0 Å². The van der Waals surface area contributed by atoms with Crippen LogP contribution in [0.4, 0.5) is 5.69 Å². The fourth-order valence-corrected chi connectivity index (χ4v) is 3.23. The van der Waals surface area contributed by atoms with Gasteiger partial charge in [-0.1, -0.05) is 6.92 Å². The molecule has 28 heavy (non-hydrogen) atoms. The molecule has 1 aromatic heterocycles. The van der Waals surface area contributed by atoms with E-state index in [4.69, 9.17) is 9.15 Å². The van der Waals surface area contributed by atoms with Gasteiger partial charge in [-0.15, -0.1) is 0 Å². The topological polar surface area (TPSA) is 112 Å². The van der Waals surface area contributed by atoms with Crippen LogP contribution < -0.4 is 5.32 Å². The van der Waals surface area contributed by atoms with E-state index in [0.29, 0.717) is 17.2 Å². The molecule has 0 bridgehead atoms. The Morgan fingerprint density at radius 3 is 2.46 bits per heavy atom. The number of hydrogen-bond donors (Lipinski definition) is 1. The maximum absolute atomic E-state index is 12.1. The monoisotopic (exact) mass is 386 g/mol. The molecule has 0 aliphatic heterocycles. The molecule has 8 heteroatoms. The molecule has 3 rings (SSSR count). The third-order valence-electron chi connectivity index (χ3n) is 4.89. The lowest BCUT2D eigenvalue weighted by Crippen LogP contribution is -2.39. The van der Waals surface area contributed by atoms with Gasteiger partial charge in [-0.05, 0) is 55.9 Å². The third-order valence-corrected chi connectivity index (χ3v) is 4.89. The van der Waals surface area contributed by atoms with Crippen LogP contribution >= 0.6 is 0 Å². The minimum Gasteiger partial charge on any atom is -0.450 e. The van der Waals surface area contributed by atoms with Gasteiger partial charge in [0.15, 0.2) is 6.61 Å². The number of benzene rings is 1. The number of furan rings is 1. The molecule has 1 amide bonds. The van der Waals surface area contributed by atoms with E-state index in [1.54, 1.807) is 6.07 Å². The van der Waals surface area contributed by atoms with Crippen LogP contribution in [0.15, 0.2) is 40.8 Å². The summed E-state index contributed by atoms with van der Waals surface area (Å²) in [5.41, 5.74) is 0.558. The molecule has 1 heterocycles. The van der Waals surface area contributed by atoms with Crippen molar-refractivity contribution in [3.8, 4) is 11.3 Å². The van der Waals surface area contributed by atoms with E-state index in [1.165, 1.54) is 30.3 Å². The van der Waals surface area contributed by atoms with Gasteiger partial charge in [-0.2, -0.15) is 0 Å². The Labute approximate surface area is 162 Å². The highest BCUT2D eigenvalue weighted by atomic mass is 16.6. The van der Waals surface area contributed by atoms with Crippen molar-refractivity contribution in [2.45, 2.75) is 38.6 Å².